The molecule has 100 valence electrons. The summed E-state index contributed by atoms with van der Waals surface area (Å²) in [5.74, 6) is 0. The molecule has 1 N–H and O–H groups in total. The zero-order chi connectivity index (χ0) is 12.0. The summed E-state index contributed by atoms with van der Waals surface area (Å²) < 4.78 is 6.19. The molecule has 2 fully saturated rings. The number of ether oxygens (including phenoxy) is 1. The minimum atomic E-state index is 0.235. The molecular weight excluding hydrogens is 212 g/mol. The van der Waals surface area contributed by atoms with Crippen molar-refractivity contribution in [2.24, 2.45) is 0 Å². The van der Waals surface area contributed by atoms with E-state index in [4.69, 9.17) is 4.74 Å². The maximum atomic E-state index is 6.19. The third kappa shape index (κ3) is 3.94. The lowest BCUT2D eigenvalue weighted by Crippen LogP contribution is -2.44. The number of piperidine rings is 1. The summed E-state index contributed by atoms with van der Waals surface area (Å²) in [7, 11) is 2.03. The second kappa shape index (κ2) is 6.72. The van der Waals surface area contributed by atoms with Crippen LogP contribution < -0.4 is 5.32 Å². The topological polar surface area (TPSA) is 24.5 Å². The summed E-state index contributed by atoms with van der Waals surface area (Å²) >= 11 is 0. The molecule has 0 bridgehead atoms. The zero-order valence-electron chi connectivity index (χ0n) is 11.3. The van der Waals surface area contributed by atoms with Crippen molar-refractivity contribution in [1.82, 2.24) is 10.2 Å². The Kier molecular flexibility index (Phi) is 5.26. The van der Waals surface area contributed by atoms with Gasteiger partial charge < -0.3 is 15.0 Å². The predicted octanol–water partition coefficient (Wildman–Crippen LogP) is 2.02. The highest BCUT2D eigenvalue weighted by atomic mass is 16.5. The van der Waals surface area contributed by atoms with Crippen LogP contribution >= 0.6 is 0 Å². The van der Waals surface area contributed by atoms with Gasteiger partial charge in [0.2, 0.25) is 0 Å². The average Bonchev–Trinajstić information content (AvgIpc) is 2.33. The minimum absolute atomic E-state index is 0.235. The lowest BCUT2D eigenvalue weighted by Gasteiger charge is -2.42. The standard InChI is InChI=1S/C14H28N2O/c1-15-9-8-14(6-5-7-14)17-13-12-16-10-3-2-4-11-16/h15H,2-13H2,1H3. The lowest BCUT2D eigenvalue weighted by molar-refractivity contribution is -0.108. The number of rotatable bonds is 7. The first-order chi connectivity index (χ1) is 8.35. The summed E-state index contributed by atoms with van der Waals surface area (Å²) in [4.78, 5) is 2.56. The summed E-state index contributed by atoms with van der Waals surface area (Å²) in [6.45, 7) is 5.73. The molecule has 0 unspecified atom stereocenters. The van der Waals surface area contributed by atoms with Crippen LogP contribution in [-0.2, 0) is 4.74 Å². The molecule has 1 heterocycles. The van der Waals surface area contributed by atoms with Crippen molar-refractivity contribution in [1.29, 1.82) is 0 Å². The van der Waals surface area contributed by atoms with E-state index in [0.717, 1.165) is 19.7 Å². The van der Waals surface area contributed by atoms with Crippen molar-refractivity contribution in [3.8, 4) is 0 Å². The van der Waals surface area contributed by atoms with Gasteiger partial charge in [-0.05, 0) is 65.2 Å². The van der Waals surface area contributed by atoms with E-state index in [1.165, 1.54) is 58.0 Å². The van der Waals surface area contributed by atoms with Crippen LogP contribution in [0.5, 0.6) is 0 Å². The molecule has 1 aliphatic carbocycles. The summed E-state index contributed by atoms with van der Waals surface area (Å²) in [6, 6.07) is 0. The molecule has 3 heteroatoms. The molecule has 17 heavy (non-hydrogen) atoms. The molecule has 1 saturated heterocycles. The molecule has 0 spiro atoms. The summed E-state index contributed by atoms with van der Waals surface area (Å²) in [5.41, 5.74) is 0.235. The molecule has 3 nitrogen and oxygen atoms in total. The van der Waals surface area contributed by atoms with Crippen molar-refractivity contribution in [3.63, 3.8) is 0 Å². The van der Waals surface area contributed by atoms with E-state index in [2.05, 4.69) is 10.2 Å². The van der Waals surface area contributed by atoms with E-state index in [9.17, 15) is 0 Å². The Morgan fingerprint density at radius 2 is 1.88 bits per heavy atom. The normalized spacial score (nSPS) is 24.5. The molecular formula is C14H28N2O. The van der Waals surface area contributed by atoms with Crippen molar-refractivity contribution >= 4 is 0 Å². The SMILES string of the molecule is CNCCC1(OCCN2CCCCC2)CCC1. The van der Waals surface area contributed by atoms with Crippen LogP contribution in [0.3, 0.4) is 0 Å². The van der Waals surface area contributed by atoms with Gasteiger partial charge in [-0.1, -0.05) is 6.42 Å². The van der Waals surface area contributed by atoms with Gasteiger partial charge in [-0.25, -0.2) is 0 Å². The molecule has 0 amide bonds. The average molecular weight is 240 g/mol. The third-order valence-electron chi connectivity index (χ3n) is 4.36. The van der Waals surface area contributed by atoms with Crippen molar-refractivity contribution in [2.75, 3.05) is 39.8 Å². The molecule has 0 aromatic rings. The summed E-state index contributed by atoms with van der Waals surface area (Å²) in [5, 5.41) is 3.24. The molecule has 0 radical (unpaired) electrons. The van der Waals surface area contributed by atoms with E-state index in [0.29, 0.717) is 0 Å². The first-order valence-electron chi connectivity index (χ1n) is 7.36. The smallest absolute Gasteiger partial charge is 0.0695 e. The predicted molar refractivity (Wildman–Crippen MR) is 71.4 cm³/mol. The first-order valence-corrected chi connectivity index (χ1v) is 7.36. The number of likely N-dealkylation sites (tertiary alicyclic amines) is 1. The van der Waals surface area contributed by atoms with Gasteiger partial charge in [-0.15, -0.1) is 0 Å². The van der Waals surface area contributed by atoms with E-state index >= 15 is 0 Å². The van der Waals surface area contributed by atoms with Crippen LogP contribution in [0.4, 0.5) is 0 Å². The van der Waals surface area contributed by atoms with Crippen molar-refractivity contribution in [3.05, 3.63) is 0 Å². The van der Waals surface area contributed by atoms with Gasteiger partial charge in [0, 0.05) is 6.54 Å². The molecule has 0 aromatic heterocycles. The number of hydrogen-bond donors (Lipinski definition) is 1. The van der Waals surface area contributed by atoms with E-state index < -0.39 is 0 Å². The van der Waals surface area contributed by atoms with Gasteiger partial charge in [-0.3, -0.25) is 0 Å². The zero-order valence-corrected chi connectivity index (χ0v) is 11.3. The van der Waals surface area contributed by atoms with Gasteiger partial charge in [0.25, 0.3) is 0 Å². The van der Waals surface area contributed by atoms with Gasteiger partial charge in [0.15, 0.2) is 0 Å². The monoisotopic (exact) mass is 240 g/mol. The van der Waals surface area contributed by atoms with Crippen LogP contribution in [0.1, 0.15) is 44.9 Å². The van der Waals surface area contributed by atoms with E-state index in [1.54, 1.807) is 0 Å². The van der Waals surface area contributed by atoms with E-state index in [-0.39, 0.29) is 5.60 Å². The van der Waals surface area contributed by atoms with Crippen LogP contribution in [0.15, 0.2) is 0 Å². The van der Waals surface area contributed by atoms with Gasteiger partial charge in [0.1, 0.15) is 0 Å². The molecule has 1 saturated carbocycles. The maximum Gasteiger partial charge on any atom is 0.0695 e. The molecule has 0 atom stereocenters. The second-order valence-corrected chi connectivity index (χ2v) is 5.64. The van der Waals surface area contributed by atoms with Crippen LogP contribution in [0.25, 0.3) is 0 Å². The fourth-order valence-electron chi connectivity index (χ4n) is 2.96. The van der Waals surface area contributed by atoms with Crippen LogP contribution in [-0.4, -0.2) is 50.3 Å². The Bertz CT molecular complexity index is 210. The fraction of sp³-hybridized carbons (Fsp3) is 1.00. The van der Waals surface area contributed by atoms with Gasteiger partial charge in [0.05, 0.1) is 12.2 Å². The largest absolute Gasteiger partial charge is 0.374 e. The lowest BCUT2D eigenvalue weighted by atomic mass is 9.77. The quantitative estimate of drug-likeness (QED) is 0.737. The first kappa shape index (κ1) is 13.3. The third-order valence-corrected chi connectivity index (χ3v) is 4.36. The van der Waals surface area contributed by atoms with Crippen LogP contribution in [0.2, 0.25) is 0 Å². The molecule has 0 aromatic carbocycles. The van der Waals surface area contributed by atoms with Crippen LogP contribution in [0, 0.1) is 0 Å². The number of nitrogens with one attached hydrogen (secondary N) is 1. The van der Waals surface area contributed by atoms with E-state index in [1.807, 2.05) is 7.05 Å². The Morgan fingerprint density at radius 1 is 1.12 bits per heavy atom. The van der Waals surface area contributed by atoms with Gasteiger partial charge in [-0.2, -0.15) is 0 Å². The highest BCUT2D eigenvalue weighted by Gasteiger charge is 2.37. The Balaban J connectivity index is 1.62. The molecule has 1 aliphatic heterocycles. The maximum absolute atomic E-state index is 6.19. The minimum Gasteiger partial charge on any atom is -0.374 e. The Labute approximate surface area is 106 Å². The molecule has 2 aliphatic rings. The molecule has 2 rings (SSSR count). The highest BCUT2D eigenvalue weighted by molar-refractivity contribution is 4.90. The Morgan fingerprint density at radius 3 is 2.47 bits per heavy atom. The second-order valence-electron chi connectivity index (χ2n) is 5.64. The number of hydrogen-bond acceptors (Lipinski definition) is 3. The summed E-state index contributed by atoms with van der Waals surface area (Å²) in [6.07, 6.45) is 9.26. The fourth-order valence-corrected chi connectivity index (χ4v) is 2.96. The highest BCUT2D eigenvalue weighted by Crippen LogP contribution is 2.38. The number of nitrogens with zero attached hydrogens (tertiary/aromatic N) is 1. The van der Waals surface area contributed by atoms with Gasteiger partial charge >= 0.3 is 0 Å². The van der Waals surface area contributed by atoms with Crippen molar-refractivity contribution < 1.29 is 4.74 Å². The Hall–Kier alpha value is -0.120. The van der Waals surface area contributed by atoms with Crippen molar-refractivity contribution in [2.45, 2.75) is 50.5 Å².